The van der Waals surface area contributed by atoms with E-state index in [1.165, 1.54) is 74.5 Å². The minimum Gasteiger partial charge on any atom is -0.378 e. The number of amides is 6. The normalized spacial score (nSPS) is 20.2. The topological polar surface area (TPSA) is 293 Å². The van der Waals surface area contributed by atoms with Crippen LogP contribution in [0.15, 0.2) is 127 Å². The largest absolute Gasteiger partial charge is 0.378 e. The number of fused-ring (bicyclic) bond motifs is 15. The number of aromatic nitrogens is 3. The molecular weight excluding hydrogens is 1540 g/mol. The van der Waals surface area contributed by atoms with Gasteiger partial charge < -0.3 is 42.6 Å². The molecule has 27 heteroatoms. The maximum absolute atomic E-state index is 13.8. The smallest absolute Gasteiger partial charge is 0.264 e. The van der Waals surface area contributed by atoms with Gasteiger partial charge in [0.05, 0.1) is 93.2 Å². The predicted octanol–water partition coefficient (Wildman–Crippen LogP) is 12.2. The molecule has 3 aliphatic carbocycles. The first-order valence-electron chi connectivity index (χ1n) is 41.8. The Hall–Kier alpha value is -9.51. The van der Waals surface area contributed by atoms with E-state index in [9.17, 15) is 54.0 Å². The maximum Gasteiger partial charge on any atom is 0.264 e. The van der Waals surface area contributed by atoms with Gasteiger partial charge in [0.25, 0.3) is 17.7 Å². The monoisotopic (exact) mass is 1650 g/mol. The van der Waals surface area contributed by atoms with E-state index in [1.807, 2.05) is 51.1 Å². The van der Waals surface area contributed by atoms with E-state index in [1.54, 1.807) is 36.4 Å². The Morgan fingerprint density at radius 1 is 0.333 bits per heavy atom. The van der Waals surface area contributed by atoms with Crippen molar-refractivity contribution in [1.82, 2.24) is 42.6 Å². The number of rotatable bonds is 12. The summed E-state index contributed by atoms with van der Waals surface area (Å²) in [6, 6.07) is 41.7. The Labute approximate surface area is 684 Å². The average Bonchev–Trinajstić information content (AvgIpc) is 1.59. The lowest BCUT2D eigenvalue weighted by Gasteiger charge is -2.30. The minimum absolute atomic E-state index is 0.132. The van der Waals surface area contributed by atoms with E-state index in [4.69, 9.17) is 14.2 Å². The molecule has 3 unspecified atom stereocenters. The number of ether oxygens (including phenoxy) is 3. The van der Waals surface area contributed by atoms with Gasteiger partial charge in [-0.25, -0.2) is 39.4 Å². The summed E-state index contributed by atoms with van der Waals surface area (Å²) in [5.41, 5.74) is 17.8. The van der Waals surface area contributed by atoms with Crippen molar-refractivity contribution in [1.29, 1.82) is 0 Å². The molecule has 6 aromatic carbocycles. The van der Waals surface area contributed by atoms with E-state index < -0.39 is 47.8 Å². The van der Waals surface area contributed by atoms with E-state index in [2.05, 4.69) is 82.5 Å². The number of sulfonamides is 3. The second-order valence-corrected chi connectivity index (χ2v) is 38.7. The number of hydrogen-bond acceptors (Lipinski definition) is 15. The van der Waals surface area contributed by atoms with Crippen LogP contribution in [0, 0.1) is 17.8 Å². The van der Waals surface area contributed by atoms with Crippen LogP contribution in [0.1, 0.15) is 179 Å². The molecule has 6 aliphatic heterocycles. The van der Waals surface area contributed by atoms with Crippen LogP contribution in [-0.2, 0) is 97.6 Å². The van der Waals surface area contributed by atoms with Gasteiger partial charge in [0, 0.05) is 125 Å². The van der Waals surface area contributed by atoms with Crippen molar-refractivity contribution < 1.29 is 68.2 Å². The summed E-state index contributed by atoms with van der Waals surface area (Å²) in [5.74, 6) is -1.13. The van der Waals surface area contributed by atoms with Crippen LogP contribution in [0.2, 0.25) is 0 Å². The van der Waals surface area contributed by atoms with Crippen LogP contribution in [0.4, 0.5) is 0 Å². The fraction of sp³-hybridized carbons (Fsp3) is 0.467. The van der Waals surface area contributed by atoms with Crippen molar-refractivity contribution in [3.63, 3.8) is 0 Å². The highest BCUT2D eigenvalue weighted by molar-refractivity contribution is 7.89. The van der Waals surface area contributed by atoms with Crippen molar-refractivity contribution in [2.24, 2.45) is 17.8 Å². The second-order valence-electron chi connectivity index (χ2n) is 33.4. The number of hydrogen-bond donors (Lipinski definition) is 3. The molecule has 9 aliphatic rings. The van der Waals surface area contributed by atoms with Gasteiger partial charge in [0.1, 0.15) is 0 Å². The van der Waals surface area contributed by atoms with Crippen LogP contribution < -0.4 is 14.2 Å². The third-order valence-corrected chi connectivity index (χ3v) is 27.1. The molecule has 3 saturated carbocycles. The summed E-state index contributed by atoms with van der Waals surface area (Å²) in [6.07, 6.45) is 22.4. The van der Waals surface area contributed by atoms with Crippen LogP contribution in [0.3, 0.4) is 0 Å². The zero-order valence-corrected chi connectivity index (χ0v) is 69.4. The van der Waals surface area contributed by atoms with Crippen LogP contribution in [0.5, 0.6) is 0 Å². The molecule has 0 spiro atoms. The van der Waals surface area contributed by atoms with Gasteiger partial charge in [0.2, 0.25) is 47.8 Å². The third-order valence-electron chi connectivity index (χ3n) is 25.4. The lowest BCUT2D eigenvalue weighted by atomic mass is 9.81. The molecule has 9 aromatic rings. The quantitative estimate of drug-likeness (QED) is 0.102. The van der Waals surface area contributed by atoms with E-state index in [-0.39, 0.29) is 52.2 Å². The number of benzene rings is 6. The Morgan fingerprint density at radius 2 is 0.581 bits per heavy atom. The maximum atomic E-state index is 13.8. The van der Waals surface area contributed by atoms with Crippen molar-refractivity contribution in [3.8, 4) is 33.8 Å². The first-order chi connectivity index (χ1) is 56.4. The van der Waals surface area contributed by atoms with Crippen molar-refractivity contribution in [3.05, 3.63) is 177 Å². The molecule has 18 rings (SSSR count). The summed E-state index contributed by atoms with van der Waals surface area (Å²) in [6.45, 7) is 8.40. The predicted molar refractivity (Wildman–Crippen MR) is 450 cm³/mol. The van der Waals surface area contributed by atoms with Crippen LogP contribution in [0.25, 0.3) is 66.5 Å². The zero-order valence-electron chi connectivity index (χ0n) is 67.0. The van der Waals surface area contributed by atoms with Gasteiger partial charge in [-0.2, -0.15) is 0 Å². The molecule has 6 fully saturated rings. The highest BCUT2D eigenvalue weighted by Gasteiger charge is 2.40. The van der Waals surface area contributed by atoms with Gasteiger partial charge in [-0.05, 0) is 145 Å². The lowest BCUT2D eigenvalue weighted by molar-refractivity contribution is -0.140. The number of carbonyl (C=O) groups excluding carboxylic acids is 6. The molecule has 3 saturated heterocycles. The molecule has 6 amide bonds. The molecule has 3 atom stereocenters. The van der Waals surface area contributed by atoms with Gasteiger partial charge >= 0.3 is 0 Å². The van der Waals surface area contributed by atoms with E-state index in [0.29, 0.717) is 136 Å². The molecule has 9 heterocycles. The van der Waals surface area contributed by atoms with Gasteiger partial charge in [-0.15, -0.1) is 0 Å². The lowest BCUT2D eigenvalue weighted by Crippen LogP contribution is -2.45. The second kappa shape index (κ2) is 34.4. The van der Waals surface area contributed by atoms with E-state index >= 15 is 0 Å². The Balaban J connectivity index is 0.000000131. The van der Waals surface area contributed by atoms with Crippen molar-refractivity contribution in [2.75, 3.05) is 97.7 Å². The number of nitrogens with zero attached hydrogens (tertiary/aromatic N) is 6. The highest BCUT2D eigenvalue weighted by Crippen LogP contribution is 2.51. The van der Waals surface area contributed by atoms with Gasteiger partial charge in [-0.1, -0.05) is 149 Å². The molecule has 0 bridgehead atoms. The standard InChI is InChI=1S/3C30H35N3O5S/c3*1-39(36,37)31-29(34)22-11-12-25-26(18-22)33-19-23(30(35)32-13-15-38-16-14-32)17-21-9-5-6-10-24(21)28(33)27(25)20-7-3-2-4-8-20/h3*5-6,9-12,18,20,23H,2-4,7-8,13-17,19H2,1H3,(H,31,34). The molecular formula is C90H105N9O15S3. The molecule has 3 N–H and O–H groups in total. The first-order valence-corrected chi connectivity index (χ1v) is 47.5. The number of carbonyl (C=O) groups is 6. The zero-order chi connectivity index (χ0) is 81.4. The molecule has 24 nitrogen and oxygen atoms in total. The van der Waals surface area contributed by atoms with Gasteiger partial charge in [-0.3, -0.25) is 28.8 Å². The Kier molecular flexibility index (Phi) is 23.9. The summed E-state index contributed by atoms with van der Waals surface area (Å²) in [7, 11) is -11.1. The fourth-order valence-electron chi connectivity index (χ4n) is 20.1. The SMILES string of the molecule is CS(=O)(=O)NC(=O)c1ccc2c(C3CCCCC3)c3n(c2c1)CC(C(=O)N1CCOCC1)Cc1ccccc1-3.CS(=O)(=O)NC(=O)c1ccc2c(C3CCCCC3)c3n(c2c1)CC(C(=O)N1CCOCC1)Cc1ccccc1-3.CS(=O)(=O)NC(=O)c1ccc2c(C3CCCCC3)c3n(c2c1)CC(C(=O)N1CCOCC1)Cc1ccccc1-3. The molecule has 0 radical (unpaired) electrons. The summed E-state index contributed by atoms with van der Waals surface area (Å²) in [4.78, 5) is 85.8. The molecule has 3 aromatic heterocycles. The molecule has 618 valence electrons. The third kappa shape index (κ3) is 17.5. The summed E-state index contributed by atoms with van der Waals surface area (Å²) in [5, 5.41) is 3.26. The summed E-state index contributed by atoms with van der Waals surface area (Å²) < 4.78 is 100. The Bertz CT molecular complexity index is 5140. The number of morpholine rings is 3. The molecule has 117 heavy (non-hydrogen) atoms. The Morgan fingerprint density at radius 3 is 0.829 bits per heavy atom. The minimum atomic E-state index is -3.70. The fourth-order valence-corrected chi connectivity index (χ4v) is 21.5. The first kappa shape index (κ1) is 81.2. The average molecular weight is 1650 g/mol. The van der Waals surface area contributed by atoms with Crippen molar-refractivity contribution >= 4 is 98.2 Å². The van der Waals surface area contributed by atoms with Gasteiger partial charge in [0.15, 0.2) is 0 Å². The van der Waals surface area contributed by atoms with E-state index in [0.717, 1.165) is 140 Å². The highest BCUT2D eigenvalue weighted by atomic mass is 32.2. The van der Waals surface area contributed by atoms with Crippen molar-refractivity contribution in [2.45, 2.75) is 153 Å². The summed E-state index contributed by atoms with van der Waals surface area (Å²) >= 11 is 0. The number of nitrogens with one attached hydrogen (secondary N) is 3. The van der Waals surface area contributed by atoms with Crippen LogP contribution >= 0.6 is 0 Å². The van der Waals surface area contributed by atoms with Crippen LogP contribution in [-0.4, -0.2) is 187 Å².